The number of ketones is 1. The molecule has 1 aliphatic carbocycles. The van der Waals surface area contributed by atoms with Gasteiger partial charge in [-0.25, -0.2) is 17.6 Å². The second kappa shape index (κ2) is 14.5. The van der Waals surface area contributed by atoms with E-state index >= 15 is 8.78 Å². The van der Waals surface area contributed by atoms with E-state index in [-0.39, 0.29) is 24.7 Å². The van der Waals surface area contributed by atoms with Gasteiger partial charge in [-0.2, -0.15) is 0 Å². The number of ether oxygens (including phenoxy) is 2. The van der Waals surface area contributed by atoms with Gasteiger partial charge in [-0.05, 0) is 49.4 Å². The number of esters is 1. The van der Waals surface area contributed by atoms with E-state index in [0.717, 1.165) is 67.6 Å². The Labute approximate surface area is 268 Å². The van der Waals surface area contributed by atoms with Gasteiger partial charge < -0.3 is 20.5 Å². The van der Waals surface area contributed by atoms with Gasteiger partial charge in [0.15, 0.2) is 23.2 Å². The molecule has 0 atom stereocenters. The predicted octanol–water partition coefficient (Wildman–Crippen LogP) is 7.06. The SMILES string of the molecule is CCC(=O)Oc1c(NCCCOc2cc(F)c(-n3c(N)c(C(=O)c4ccc(F)cc4F)ccc3=O)c(F)c2)cccc1C1CCCC1. The fraction of sp³-hybridized carbons (Fsp3) is 0.286. The first-order valence-electron chi connectivity index (χ1n) is 15.3. The summed E-state index contributed by atoms with van der Waals surface area (Å²) in [6.07, 6.45) is 4.95. The second-order valence-electron chi connectivity index (χ2n) is 11.2. The van der Waals surface area contributed by atoms with Crippen molar-refractivity contribution in [2.45, 2.75) is 51.4 Å². The largest absolute Gasteiger partial charge is 0.493 e. The van der Waals surface area contributed by atoms with Crippen molar-refractivity contribution in [1.29, 1.82) is 0 Å². The molecule has 3 aromatic carbocycles. The highest BCUT2D eigenvalue weighted by Crippen LogP contribution is 2.42. The van der Waals surface area contributed by atoms with Gasteiger partial charge in [0.05, 0.1) is 23.4 Å². The van der Waals surface area contributed by atoms with E-state index in [2.05, 4.69) is 5.32 Å². The van der Waals surface area contributed by atoms with Gasteiger partial charge >= 0.3 is 5.97 Å². The Morgan fingerprint density at radius 3 is 2.32 bits per heavy atom. The highest BCUT2D eigenvalue weighted by atomic mass is 19.1. The van der Waals surface area contributed by atoms with Gasteiger partial charge in [0.2, 0.25) is 0 Å². The molecule has 1 heterocycles. The third kappa shape index (κ3) is 7.32. The molecule has 0 aliphatic heterocycles. The lowest BCUT2D eigenvalue weighted by Crippen LogP contribution is -2.25. The molecule has 0 amide bonds. The van der Waals surface area contributed by atoms with Crippen molar-refractivity contribution in [3.8, 4) is 17.2 Å². The summed E-state index contributed by atoms with van der Waals surface area (Å²) >= 11 is 0. The molecule has 0 bridgehead atoms. The van der Waals surface area contributed by atoms with Crippen molar-refractivity contribution >= 4 is 23.3 Å². The van der Waals surface area contributed by atoms with Crippen LogP contribution in [0.2, 0.25) is 0 Å². The van der Waals surface area contributed by atoms with Crippen molar-refractivity contribution in [1.82, 2.24) is 4.57 Å². The van der Waals surface area contributed by atoms with Crippen molar-refractivity contribution in [3.05, 3.63) is 111 Å². The molecule has 1 aromatic heterocycles. The Bertz CT molecular complexity index is 1850. The lowest BCUT2D eigenvalue weighted by Gasteiger charge is -2.19. The van der Waals surface area contributed by atoms with Crippen LogP contribution in [0.4, 0.5) is 29.1 Å². The van der Waals surface area contributed by atoms with Crippen LogP contribution < -0.4 is 26.1 Å². The smallest absolute Gasteiger partial charge is 0.310 e. The fourth-order valence-corrected chi connectivity index (χ4v) is 5.67. The summed E-state index contributed by atoms with van der Waals surface area (Å²) in [6, 6.07) is 11.6. The summed E-state index contributed by atoms with van der Waals surface area (Å²) in [5.74, 6) is -5.77. The minimum absolute atomic E-state index is 0.0624. The van der Waals surface area contributed by atoms with Gasteiger partial charge in [0, 0.05) is 42.8 Å². The molecule has 3 N–H and O–H groups in total. The lowest BCUT2D eigenvalue weighted by atomic mass is 9.96. The molecular formula is C35H33F4N3O5. The standard InChI is InChI=1S/C35H33F4N3O5/c1-2-31(44)47-34-23(20-7-3-4-8-20)9-5-10-29(34)41-15-6-16-46-22-18-27(38)32(28(39)19-22)42-30(43)14-13-25(35(42)40)33(45)24-12-11-21(36)17-26(24)37/h5,9-14,17-20,41H,2-4,6-8,15-16,40H2,1H3. The Hall–Kier alpha value is -5.13. The number of hydrogen-bond donors (Lipinski definition) is 2. The molecule has 0 unspecified atom stereocenters. The first-order valence-corrected chi connectivity index (χ1v) is 15.3. The van der Waals surface area contributed by atoms with E-state index < -0.39 is 57.2 Å². The van der Waals surface area contributed by atoms with Crippen molar-refractivity contribution < 1.29 is 36.6 Å². The number of carbonyl (C=O) groups is 2. The zero-order chi connectivity index (χ0) is 33.7. The third-order valence-electron chi connectivity index (χ3n) is 8.01. The molecule has 1 saturated carbocycles. The predicted molar refractivity (Wildman–Crippen MR) is 168 cm³/mol. The summed E-state index contributed by atoms with van der Waals surface area (Å²) < 4.78 is 69.9. The molecule has 1 fully saturated rings. The summed E-state index contributed by atoms with van der Waals surface area (Å²) in [5, 5.41) is 3.26. The fourth-order valence-electron chi connectivity index (χ4n) is 5.67. The van der Waals surface area contributed by atoms with Crippen LogP contribution in [0.25, 0.3) is 5.69 Å². The van der Waals surface area contributed by atoms with Crippen LogP contribution in [0.1, 0.15) is 72.9 Å². The van der Waals surface area contributed by atoms with E-state index in [1.54, 1.807) is 6.92 Å². The number of nitrogen functional groups attached to an aromatic ring is 1. The van der Waals surface area contributed by atoms with Crippen LogP contribution in [-0.4, -0.2) is 29.5 Å². The normalized spacial score (nSPS) is 13.0. The number of carbonyl (C=O) groups excluding carboxylic acids is 2. The Morgan fingerprint density at radius 1 is 0.936 bits per heavy atom. The van der Waals surface area contributed by atoms with E-state index in [4.69, 9.17) is 15.2 Å². The quantitative estimate of drug-likeness (QED) is 0.0555. The number of anilines is 2. The molecule has 5 rings (SSSR count). The molecule has 0 saturated heterocycles. The first kappa shape index (κ1) is 33.2. The zero-order valence-corrected chi connectivity index (χ0v) is 25.6. The summed E-state index contributed by atoms with van der Waals surface area (Å²) in [7, 11) is 0. The Morgan fingerprint density at radius 2 is 1.64 bits per heavy atom. The Balaban J connectivity index is 1.28. The van der Waals surface area contributed by atoms with Gasteiger partial charge in [0.25, 0.3) is 5.56 Å². The average molecular weight is 652 g/mol. The van der Waals surface area contributed by atoms with Crippen molar-refractivity contribution in [3.63, 3.8) is 0 Å². The summed E-state index contributed by atoms with van der Waals surface area (Å²) in [6.45, 7) is 2.19. The van der Waals surface area contributed by atoms with Gasteiger partial charge in [-0.15, -0.1) is 0 Å². The molecular weight excluding hydrogens is 618 g/mol. The molecule has 8 nitrogen and oxygen atoms in total. The van der Waals surface area contributed by atoms with Crippen LogP contribution in [0.3, 0.4) is 0 Å². The molecule has 246 valence electrons. The van der Waals surface area contributed by atoms with Gasteiger partial charge in [0.1, 0.15) is 28.9 Å². The van der Waals surface area contributed by atoms with Crippen molar-refractivity contribution in [2.75, 3.05) is 24.2 Å². The maximum atomic E-state index is 15.3. The minimum Gasteiger partial charge on any atom is -0.493 e. The number of pyridine rings is 1. The van der Waals surface area contributed by atoms with Crippen molar-refractivity contribution in [2.24, 2.45) is 0 Å². The number of nitrogens with one attached hydrogen (secondary N) is 1. The van der Waals surface area contributed by atoms with Gasteiger partial charge in [-0.3, -0.25) is 19.0 Å². The number of rotatable bonds is 12. The van der Waals surface area contributed by atoms with E-state index in [1.807, 2.05) is 18.2 Å². The Kier molecular flexibility index (Phi) is 10.3. The second-order valence-corrected chi connectivity index (χ2v) is 11.2. The third-order valence-corrected chi connectivity index (χ3v) is 8.01. The van der Waals surface area contributed by atoms with E-state index in [9.17, 15) is 23.2 Å². The van der Waals surface area contributed by atoms with Crippen LogP contribution in [-0.2, 0) is 4.79 Å². The highest BCUT2D eigenvalue weighted by Gasteiger charge is 2.25. The number of halogens is 4. The number of nitrogens with two attached hydrogens (primary N) is 1. The highest BCUT2D eigenvalue weighted by molar-refractivity contribution is 6.11. The molecule has 12 heteroatoms. The van der Waals surface area contributed by atoms with Crippen LogP contribution in [0.15, 0.2) is 65.5 Å². The molecule has 0 spiro atoms. The maximum absolute atomic E-state index is 15.3. The van der Waals surface area contributed by atoms with Crippen LogP contribution >= 0.6 is 0 Å². The zero-order valence-electron chi connectivity index (χ0n) is 25.6. The van der Waals surface area contributed by atoms with Gasteiger partial charge in [-0.1, -0.05) is 31.9 Å². The van der Waals surface area contributed by atoms with Crippen LogP contribution in [0, 0.1) is 23.3 Å². The maximum Gasteiger partial charge on any atom is 0.310 e. The number of nitrogens with zero attached hydrogens (tertiary/aromatic N) is 1. The monoisotopic (exact) mass is 651 g/mol. The molecule has 0 radical (unpaired) electrons. The number of aromatic nitrogens is 1. The number of benzene rings is 3. The minimum atomic E-state index is -1.20. The molecule has 4 aromatic rings. The average Bonchev–Trinajstić information content (AvgIpc) is 3.57. The van der Waals surface area contributed by atoms with E-state index in [1.165, 1.54) is 0 Å². The topological polar surface area (TPSA) is 113 Å². The molecule has 47 heavy (non-hydrogen) atoms. The summed E-state index contributed by atoms with van der Waals surface area (Å²) in [4.78, 5) is 37.8. The first-order chi connectivity index (χ1) is 22.6. The number of hydrogen-bond acceptors (Lipinski definition) is 7. The summed E-state index contributed by atoms with van der Waals surface area (Å²) in [5.41, 5.74) is 4.92. The lowest BCUT2D eigenvalue weighted by molar-refractivity contribution is -0.134. The molecule has 1 aliphatic rings. The van der Waals surface area contributed by atoms with Crippen LogP contribution in [0.5, 0.6) is 11.5 Å². The van der Waals surface area contributed by atoms with E-state index in [0.29, 0.717) is 41.0 Å². The number of para-hydroxylation sites is 1.